The lowest BCUT2D eigenvalue weighted by Crippen LogP contribution is -2.31. The third kappa shape index (κ3) is 6.52. The van der Waals surface area contributed by atoms with Crippen molar-refractivity contribution in [3.63, 3.8) is 0 Å². The molecule has 4 rings (SSSR count). The van der Waals surface area contributed by atoms with Crippen LogP contribution in [-0.4, -0.2) is 20.2 Å². The summed E-state index contributed by atoms with van der Waals surface area (Å²) in [6, 6.07) is 19.6. The highest BCUT2D eigenvalue weighted by molar-refractivity contribution is 7.89. The number of fused-ring (bicyclic) bond motifs is 1. The maximum Gasteiger partial charge on any atom is 0.240 e. The molecule has 1 aliphatic rings. The molecule has 0 saturated carbocycles. The maximum atomic E-state index is 13.3. The van der Waals surface area contributed by atoms with Crippen molar-refractivity contribution in [2.75, 3.05) is 5.32 Å². The quantitative estimate of drug-likeness (QED) is 0.423. The van der Waals surface area contributed by atoms with Crippen LogP contribution in [-0.2, 0) is 39.1 Å². The van der Waals surface area contributed by atoms with Gasteiger partial charge in [0.25, 0.3) is 0 Å². The number of nitrogens with one attached hydrogen (secondary N) is 3. The molecule has 0 radical (unpaired) electrons. The highest BCUT2D eigenvalue weighted by Crippen LogP contribution is 2.27. The van der Waals surface area contributed by atoms with Crippen molar-refractivity contribution < 1.29 is 22.4 Å². The van der Waals surface area contributed by atoms with Crippen LogP contribution in [0.3, 0.4) is 0 Å². The van der Waals surface area contributed by atoms with Gasteiger partial charge in [-0.3, -0.25) is 9.59 Å². The first kappa shape index (κ1) is 24.6. The summed E-state index contributed by atoms with van der Waals surface area (Å²) in [7, 11) is -3.82. The van der Waals surface area contributed by atoms with Crippen molar-refractivity contribution in [1.29, 1.82) is 0 Å². The van der Waals surface area contributed by atoms with Gasteiger partial charge in [0.2, 0.25) is 21.8 Å². The van der Waals surface area contributed by atoms with Crippen LogP contribution in [0.25, 0.3) is 0 Å². The first-order valence-electron chi connectivity index (χ1n) is 11.3. The van der Waals surface area contributed by atoms with Gasteiger partial charge in [-0.1, -0.05) is 42.5 Å². The molecule has 35 heavy (non-hydrogen) atoms. The SMILES string of the molecule is O=C(CCC1Cc2ccccc2NC1=O)NCc1cccc(S(=O)(=O)NCc2cccc(F)c2)c1. The molecule has 2 amide bonds. The van der Waals surface area contributed by atoms with Gasteiger partial charge in [-0.05, 0) is 59.9 Å². The van der Waals surface area contributed by atoms with E-state index in [-0.39, 0.29) is 42.1 Å². The number of para-hydroxylation sites is 1. The van der Waals surface area contributed by atoms with E-state index in [1.165, 1.54) is 30.3 Å². The molecule has 0 spiro atoms. The molecule has 0 aliphatic carbocycles. The summed E-state index contributed by atoms with van der Waals surface area (Å²) in [5.41, 5.74) is 3.00. The Kier molecular flexibility index (Phi) is 7.57. The van der Waals surface area contributed by atoms with Gasteiger partial charge in [-0.15, -0.1) is 0 Å². The zero-order valence-electron chi connectivity index (χ0n) is 19.0. The van der Waals surface area contributed by atoms with E-state index >= 15 is 0 Å². The topological polar surface area (TPSA) is 104 Å². The van der Waals surface area contributed by atoms with Crippen molar-refractivity contribution in [3.05, 3.63) is 95.3 Å². The van der Waals surface area contributed by atoms with Crippen LogP contribution >= 0.6 is 0 Å². The number of benzene rings is 3. The fraction of sp³-hybridized carbons (Fsp3) is 0.231. The number of sulfonamides is 1. The Balaban J connectivity index is 1.28. The molecule has 3 N–H and O–H groups in total. The maximum absolute atomic E-state index is 13.3. The second kappa shape index (κ2) is 10.8. The second-order valence-corrected chi connectivity index (χ2v) is 10.2. The lowest BCUT2D eigenvalue weighted by Gasteiger charge is -2.24. The fourth-order valence-electron chi connectivity index (χ4n) is 3.97. The van der Waals surface area contributed by atoms with Crippen LogP contribution in [0.15, 0.2) is 77.7 Å². The molecule has 3 aromatic rings. The van der Waals surface area contributed by atoms with Crippen molar-refractivity contribution in [2.24, 2.45) is 5.92 Å². The minimum Gasteiger partial charge on any atom is -0.352 e. The monoisotopic (exact) mass is 495 g/mol. The van der Waals surface area contributed by atoms with Gasteiger partial charge < -0.3 is 10.6 Å². The Bertz CT molecular complexity index is 1340. The van der Waals surface area contributed by atoms with Crippen molar-refractivity contribution >= 4 is 27.5 Å². The van der Waals surface area contributed by atoms with Crippen LogP contribution in [0.1, 0.15) is 29.5 Å². The lowest BCUT2D eigenvalue weighted by molar-refractivity contribution is -0.122. The molecular formula is C26H26FN3O4S. The summed E-state index contributed by atoms with van der Waals surface area (Å²) in [4.78, 5) is 24.7. The molecule has 0 fully saturated rings. The summed E-state index contributed by atoms with van der Waals surface area (Å²) < 4.78 is 41.1. The van der Waals surface area contributed by atoms with E-state index in [0.717, 1.165) is 11.3 Å². The lowest BCUT2D eigenvalue weighted by atomic mass is 9.89. The van der Waals surface area contributed by atoms with Gasteiger partial charge >= 0.3 is 0 Å². The van der Waals surface area contributed by atoms with Crippen molar-refractivity contribution in [1.82, 2.24) is 10.0 Å². The first-order valence-corrected chi connectivity index (χ1v) is 12.8. The smallest absolute Gasteiger partial charge is 0.240 e. The van der Waals surface area contributed by atoms with E-state index in [1.807, 2.05) is 24.3 Å². The Morgan fingerprint density at radius 3 is 2.51 bits per heavy atom. The van der Waals surface area contributed by atoms with Crippen LogP contribution in [0.2, 0.25) is 0 Å². The molecule has 0 saturated heterocycles. The standard InChI is InChI=1S/C26H26FN3O4S/c27-22-8-3-5-18(13-22)17-29-35(33,34)23-9-4-6-19(14-23)16-28-25(31)12-11-21-15-20-7-1-2-10-24(20)30-26(21)32/h1-10,13-14,21,29H,11-12,15-17H2,(H,28,31)(H,30,32). The third-order valence-electron chi connectivity index (χ3n) is 5.89. The number of halogens is 1. The number of carbonyl (C=O) groups is 2. The zero-order valence-corrected chi connectivity index (χ0v) is 19.8. The number of hydrogen-bond donors (Lipinski definition) is 3. The minimum absolute atomic E-state index is 0.0414. The van der Waals surface area contributed by atoms with Gasteiger partial charge in [0.15, 0.2) is 0 Å². The molecule has 1 heterocycles. The molecule has 182 valence electrons. The minimum atomic E-state index is -3.82. The van der Waals surface area contributed by atoms with Crippen LogP contribution in [0.4, 0.5) is 10.1 Å². The van der Waals surface area contributed by atoms with Crippen LogP contribution < -0.4 is 15.4 Å². The average Bonchev–Trinajstić information content (AvgIpc) is 2.85. The largest absolute Gasteiger partial charge is 0.352 e. The predicted molar refractivity (Wildman–Crippen MR) is 130 cm³/mol. The van der Waals surface area contributed by atoms with Crippen molar-refractivity contribution in [3.8, 4) is 0 Å². The number of carbonyl (C=O) groups excluding carboxylic acids is 2. The normalized spacial score (nSPS) is 15.2. The summed E-state index contributed by atoms with van der Waals surface area (Å²) in [5, 5.41) is 5.67. The van der Waals surface area contributed by atoms with Crippen LogP contribution in [0, 0.1) is 11.7 Å². The van der Waals surface area contributed by atoms with E-state index < -0.39 is 15.8 Å². The van der Waals surface area contributed by atoms with Crippen LogP contribution in [0.5, 0.6) is 0 Å². The van der Waals surface area contributed by atoms with Crippen molar-refractivity contribution in [2.45, 2.75) is 37.2 Å². The molecule has 9 heteroatoms. The van der Waals surface area contributed by atoms with Gasteiger partial charge in [0.1, 0.15) is 5.82 Å². The van der Waals surface area contributed by atoms with E-state index in [0.29, 0.717) is 24.0 Å². The van der Waals surface area contributed by atoms with E-state index in [9.17, 15) is 22.4 Å². The molecule has 0 aromatic heterocycles. The molecular weight excluding hydrogens is 469 g/mol. The molecule has 7 nitrogen and oxygen atoms in total. The second-order valence-electron chi connectivity index (χ2n) is 8.46. The Hall–Kier alpha value is -3.56. The summed E-state index contributed by atoms with van der Waals surface area (Å²) in [5.74, 6) is -1.00. The average molecular weight is 496 g/mol. The molecule has 3 aromatic carbocycles. The van der Waals surface area contributed by atoms with Gasteiger partial charge in [0.05, 0.1) is 4.90 Å². The highest BCUT2D eigenvalue weighted by Gasteiger charge is 2.26. The number of hydrogen-bond acceptors (Lipinski definition) is 4. The Morgan fingerprint density at radius 1 is 0.971 bits per heavy atom. The first-order chi connectivity index (χ1) is 16.8. The van der Waals surface area contributed by atoms with E-state index in [1.54, 1.807) is 18.2 Å². The Morgan fingerprint density at radius 2 is 1.71 bits per heavy atom. The summed E-state index contributed by atoms with van der Waals surface area (Å²) in [6.45, 7) is 0.117. The van der Waals surface area contributed by atoms with E-state index in [2.05, 4.69) is 15.4 Å². The number of amides is 2. The molecule has 1 atom stereocenters. The third-order valence-corrected chi connectivity index (χ3v) is 7.28. The molecule has 1 unspecified atom stereocenters. The number of rotatable bonds is 9. The molecule has 0 bridgehead atoms. The fourth-order valence-corrected chi connectivity index (χ4v) is 5.06. The summed E-state index contributed by atoms with van der Waals surface area (Å²) in [6.07, 6.45) is 1.20. The molecule has 1 aliphatic heterocycles. The van der Waals surface area contributed by atoms with Gasteiger partial charge in [-0.25, -0.2) is 17.5 Å². The predicted octanol–water partition coefficient (Wildman–Crippen LogP) is 3.51. The summed E-state index contributed by atoms with van der Waals surface area (Å²) >= 11 is 0. The van der Waals surface area contributed by atoms with Gasteiger partial charge in [0, 0.05) is 31.1 Å². The Labute approximate surface area is 203 Å². The van der Waals surface area contributed by atoms with Gasteiger partial charge in [-0.2, -0.15) is 0 Å². The number of anilines is 1. The zero-order chi connectivity index (χ0) is 24.8. The van der Waals surface area contributed by atoms with E-state index in [4.69, 9.17) is 0 Å². The highest BCUT2D eigenvalue weighted by atomic mass is 32.2.